The van der Waals surface area contributed by atoms with Gasteiger partial charge in [-0.15, -0.1) is 4.99 Å². The van der Waals surface area contributed by atoms with Crippen LogP contribution in [0.25, 0.3) is 11.0 Å². The number of benzene rings is 1. The molecule has 0 bridgehead atoms. The van der Waals surface area contributed by atoms with Crippen molar-refractivity contribution >= 4 is 57.4 Å². The first kappa shape index (κ1) is 28.0. The van der Waals surface area contributed by atoms with E-state index in [4.69, 9.17) is 0 Å². The lowest BCUT2D eigenvalue weighted by molar-refractivity contribution is 0.100. The minimum Gasteiger partial charge on any atom is -0.341 e. The summed E-state index contributed by atoms with van der Waals surface area (Å²) in [7, 11) is 0. The van der Waals surface area contributed by atoms with Crippen molar-refractivity contribution in [1.29, 1.82) is 0 Å². The Balaban J connectivity index is 1.34. The number of aliphatic imine (C=N–C) groups is 2. The highest BCUT2D eigenvalue weighted by Crippen LogP contribution is 2.33. The third kappa shape index (κ3) is 5.98. The van der Waals surface area contributed by atoms with E-state index in [0.29, 0.717) is 24.7 Å². The van der Waals surface area contributed by atoms with E-state index in [2.05, 4.69) is 47.1 Å². The quantitative estimate of drug-likeness (QED) is 0.194. The molecule has 0 aliphatic carbocycles. The number of carbonyl (C=O) groups is 1. The third-order valence-corrected chi connectivity index (χ3v) is 7.34. The summed E-state index contributed by atoms with van der Waals surface area (Å²) in [5.41, 5.74) is 1.40. The van der Waals surface area contributed by atoms with Gasteiger partial charge in [-0.2, -0.15) is 4.99 Å². The minimum absolute atomic E-state index is 0.00627. The lowest BCUT2D eigenvalue weighted by Crippen LogP contribution is -2.35. The number of rotatable bonds is 6. The summed E-state index contributed by atoms with van der Waals surface area (Å²) in [5.74, 6) is -1.32. The predicted molar refractivity (Wildman–Crippen MR) is 152 cm³/mol. The maximum atomic E-state index is 15.3. The van der Waals surface area contributed by atoms with Crippen molar-refractivity contribution in [3.8, 4) is 0 Å². The Morgan fingerprint density at radius 3 is 2.56 bits per heavy atom. The van der Waals surface area contributed by atoms with Gasteiger partial charge in [-0.1, -0.05) is 18.7 Å². The van der Waals surface area contributed by atoms with Crippen molar-refractivity contribution in [2.24, 2.45) is 9.98 Å². The SMILES string of the molecule is CCc1cnc(N2CCC(n3cc(F)c4c(Nc5ccc(C(=O)N=C(N=C=O)SC)cc5F)ncnc43)CC2)nc1. The van der Waals surface area contributed by atoms with Crippen molar-refractivity contribution < 1.29 is 18.4 Å². The van der Waals surface area contributed by atoms with Crippen LogP contribution in [0.5, 0.6) is 0 Å². The molecule has 210 valence electrons. The van der Waals surface area contributed by atoms with Crippen molar-refractivity contribution in [2.75, 3.05) is 29.6 Å². The van der Waals surface area contributed by atoms with Gasteiger partial charge in [0, 0.05) is 43.3 Å². The molecular formula is C27H25F2N9O2S. The molecule has 0 spiro atoms. The predicted octanol–water partition coefficient (Wildman–Crippen LogP) is 4.84. The first-order valence-electron chi connectivity index (χ1n) is 12.8. The van der Waals surface area contributed by atoms with Crippen molar-refractivity contribution in [3.63, 3.8) is 0 Å². The maximum absolute atomic E-state index is 15.3. The van der Waals surface area contributed by atoms with E-state index in [9.17, 15) is 14.0 Å². The Labute approximate surface area is 237 Å². The number of hydrogen-bond acceptors (Lipinski definition) is 9. The first-order chi connectivity index (χ1) is 19.9. The van der Waals surface area contributed by atoms with Crippen LogP contribution in [-0.4, -0.2) is 61.0 Å². The van der Waals surface area contributed by atoms with E-state index in [1.54, 1.807) is 10.8 Å². The number of amides is 1. The number of piperidine rings is 1. The highest BCUT2D eigenvalue weighted by molar-refractivity contribution is 8.13. The average molecular weight is 578 g/mol. The number of aryl methyl sites for hydroxylation is 1. The monoisotopic (exact) mass is 577 g/mol. The van der Waals surface area contributed by atoms with Gasteiger partial charge in [0.15, 0.2) is 5.82 Å². The second-order valence-corrected chi connectivity index (χ2v) is 9.97. The van der Waals surface area contributed by atoms with E-state index in [-0.39, 0.29) is 33.7 Å². The topological polar surface area (TPSA) is 131 Å². The number of hydrogen-bond donors (Lipinski definition) is 1. The second-order valence-electron chi connectivity index (χ2n) is 9.19. The Morgan fingerprint density at radius 1 is 1.15 bits per heavy atom. The fourth-order valence-electron chi connectivity index (χ4n) is 4.63. The summed E-state index contributed by atoms with van der Waals surface area (Å²) >= 11 is 0.976. The van der Waals surface area contributed by atoms with Gasteiger partial charge in [0.2, 0.25) is 17.2 Å². The molecule has 5 rings (SSSR count). The summed E-state index contributed by atoms with van der Waals surface area (Å²) in [6.45, 7) is 3.46. The van der Waals surface area contributed by atoms with Crippen LogP contribution >= 0.6 is 11.8 Å². The van der Waals surface area contributed by atoms with Gasteiger partial charge in [-0.3, -0.25) is 4.79 Å². The lowest BCUT2D eigenvalue weighted by atomic mass is 10.1. The molecule has 1 amide bonds. The van der Waals surface area contributed by atoms with Crippen LogP contribution < -0.4 is 10.2 Å². The first-order valence-corrected chi connectivity index (χ1v) is 14.0. The van der Waals surface area contributed by atoms with Crippen LogP contribution in [0.1, 0.15) is 41.7 Å². The Morgan fingerprint density at radius 2 is 1.90 bits per heavy atom. The molecule has 1 fully saturated rings. The molecular weight excluding hydrogens is 552 g/mol. The Kier molecular flexibility index (Phi) is 8.41. The molecule has 1 aromatic carbocycles. The Hall–Kier alpha value is -4.55. The molecule has 0 radical (unpaired) electrons. The van der Waals surface area contributed by atoms with Gasteiger partial charge in [-0.25, -0.2) is 33.5 Å². The van der Waals surface area contributed by atoms with Crippen molar-refractivity contribution in [3.05, 3.63) is 65.9 Å². The summed E-state index contributed by atoms with van der Waals surface area (Å²) < 4.78 is 32.0. The number of amidine groups is 1. The normalized spacial score (nSPS) is 14.2. The number of thioether (sulfide) groups is 1. The minimum atomic E-state index is -0.776. The van der Waals surface area contributed by atoms with Gasteiger partial charge < -0.3 is 14.8 Å². The van der Waals surface area contributed by atoms with Gasteiger partial charge in [0.25, 0.3) is 5.91 Å². The van der Waals surface area contributed by atoms with Crippen molar-refractivity contribution in [2.45, 2.75) is 32.2 Å². The number of anilines is 3. The molecule has 0 saturated carbocycles. The van der Waals surface area contributed by atoms with E-state index < -0.39 is 17.5 Å². The van der Waals surface area contributed by atoms with Crippen molar-refractivity contribution in [1.82, 2.24) is 24.5 Å². The molecule has 14 heteroatoms. The van der Waals surface area contributed by atoms with Crippen LogP contribution in [0.15, 0.2) is 53.1 Å². The van der Waals surface area contributed by atoms with Crippen LogP contribution in [0.2, 0.25) is 0 Å². The molecule has 1 N–H and O–H groups in total. The number of aromatic nitrogens is 5. The van der Waals surface area contributed by atoms with Crippen LogP contribution in [0.3, 0.4) is 0 Å². The molecule has 0 unspecified atom stereocenters. The Bertz CT molecular complexity index is 1660. The molecule has 3 aromatic heterocycles. The molecule has 11 nitrogen and oxygen atoms in total. The zero-order chi connectivity index (χ0) is 28.9. The average Bonchev–Trinajstić information content (AvgIpc) is 3.35. The fraction of sp³-hybridized carbons (Fsp3) is 0.296. The van der Waals surface area contributed by atoms with Gasteiger partial charge in [0.1, 0.15) is 23.6 Å². The number of halogens is 2. The summed E-state index contributed by atoms with van der Waals surface area (Å²) in [4.78, 5) is 49.3. The zero-order valence-corrected chi connectivity index (χ0v) is 23.0. The smallest absolute Gasteiger partial charge is 0.279 e. The van der Waals surface area contributed by atoms with Gasteiger partial charge >= 0.3 is 0 Å². The number of nitrogens with one attached hydrogen (secondary N) is 1. The highest BCUT2D eigenvalue weighted by atomic mass is 32.2. The van der Waals surface area contributed by atoms with Crippen LogP contribution in [0.4, 0.5) is 26.2 Å². The molecule has 4 heterocycles. The molecule has 0 atom stereocenters. The van der Waals surface area contributed by atoms with Gasteiger partial charge in [0.05, 0.1) is 11.1 Å². The number of fused-ring (bicyclic) bond motifs is 1. The lowest BCUT2D eigenvalue weighted by Gasteiger charge is -2.32. The van der Waals surface area contributed by atoms with E-state index in [1.165, 1.54) is 30.7 Å². The number of carbonyl (C=O) groups excluding carboxylic acids is 2. The second kappa shape index (κ2) is 12.3. The molecule has 1 aliphatic rings. The summed E-state index contributed by atoms with van der Waals surface area (Å²) in [6, 6.07) is 3.66. The molecule has 1 saturated heterocycles. The zero-order valence-electron chi connectivity index (χ0n) is 22.2. The molecule has 4 aromatic rings. The molecule has 41 heavy (non-hydrogen) atoms. The highest BCUT2D eigenvalue weighted by Gasteiger charge is 2.26. The molecule has 1 aliphatic heterocycles. The van der Waals surface area contributed by atoms with Crippen LogP contribution in [-0.2, 0) is 11.2 Å². The standard InChI is InChI=1S/C27H25F2N9O2S/c1-3-16-11-30-26(31-12-16)37-8-6-18(7-9-37)38-13-20(29)22-23(32-14-33-24(22)38)35-21-5-4-17(10-19(21)28)25(40)36-27(41-2)34-15-39/h4-5,10-14,18H,3,6-9H2,1-2H3,(H,32,33,35). The van der Waals surface area contributed by atoms with E-state index in [1.807, 2.05) is 12.4 Å². The number of nitrogens with zero attached hydrogens (tertiary/aromatic N) is 8. The largest absolute Gasteiger partial charge is 0.341 e. The van der Waals surface area contributed by atoms with Crippen LogP contribution in [0, 0.1) is 11.6 Å². The van der Waals surface area contributed by atoms with E-state index in [0.717, 1.165) is 42.7 Å². The summed E-state index contributed by atoms with van der Waals surface area (Å²) in [5, 5.41) is 2.86. The number of isocyanates is 1. The third-order valence-electron chi connectivity index (χ3n) is 6.79. The van der Waals surface area contributed by atoms with E-state index >= 15 is 4.39 Å². The maximum Gasteiger partial charge on any atom is 0.279 e. The van der Waals surface area contributed by atoms with Gasteiger partial charge in [-0.05, 0) is 49.3 Å². The summed E-state index contributed by atoms with van der Waals surface area (Å²) in [6.07, 6.45) is 11.6. The fourth-order valence-corrected chi connectivity index (χ4v) is 4.94.